The first-order valence-electron chi connectivity index (χ1n) is 8.35. The van der Waals surface area contributed by atoms with Gasteiger partial charge in [0.15, 0.2) is 6.61 Å². The highest BCUT2D eigenvalue weighted by atomic mass is 16.5. The molecule has 0 radical (unpaired) electrons. The monoisotopic (exact) mass is 305 g/mol. The molecular formula is C19H31NO2. The number of hydrogen-bond donors (Lipinski definition) is 1. The molecule has 0 unspecified atom stereocenters. The zero-order valence-electron chi connectivity index (χ0n) is 14.8. The summed E-state index contributed by atoms with van der Waals surface area (Å²) in [6, 6.07) is 6.18. The van der Waals surface area contributed by atoms with Gasteiger partial charge in [0.25, 0.3) is 5.91 Å². The van der Waals surface area contributed by atoms with Gasteiger partial charge >= 0.3 is 0 Å². The van der Waals surface area contributed by atoms with E-state index in [-0.39, 0.29) is 17.9 Å². The van der Waals surface area contributed by atoms with E-state index in [0.29, 0.717) is 0 Å². The molecule has 1 rings (SSSR count). The lowest BCUT2D eigenvalue weighted by Crippen LogP contribution is -2.30. The molecule has 124 valence electrons. The Morgan fingerprint density at radius 3 is 2.55 bits per heavy atom. The van der Waals surface area contributed by atoms with Gasteiger partial charge in [-0.1, -0.05) is 59.1 Å². The van der Waals surface area contributed by atoms with E-state index in [1.54, 1.807) is 0 Å². The second-order valence-electron chi connectivity index (χ2n) is 6.95. The van der Waals surface area contributed by atoms with Crippen molar-refractivity contribution in [3.8, 4) is 5.75 Å². The summed E-state index contributed by atoms with van der Waals surface area (Å²) < 4.78 is 5.77. The lowest BCUT2D eigenvalue weighted by molar-refractivity contribution is -0.123. The zero-order chi connectivity index (χ0) is 16.6. The van der Waals surface area contributed by atoms with Crippen molar-refractivity contribution in [2.75, 3.05) is 13.2 Å². The number of aryl methyl sites for hydroxylation is 1. The highest BCUT2D eigenvalue weighted by Gasteiger charge is 2.19. The highest BCUT2D eigenvalue weighted by molar-refractivity contribution is 5.77. The fourth-order valence-electron chi connectivity index (χ4n) is 2.34. The third-order valence-electron chi connectivity index (χ3n) is 3.66. The maximum Gasteiger partial charge on any atom is 0.257 e. The zero-order valence-corrected chi connectivity index (χ0v) is 14.8. The standard InChI is InChI=1S/C19H31NO2/c1-6-7-8-9-12-20-18(21)14-22-17-13-15(2)10-11-16(17)19(3,4)5/h10-11,13H,6-9,12,14H2,1-5H3,(H,20,21). The number of carbonyl (C=O) groups excluding carboxylic acids is 1. The summed E-state index contributed by atoms with van der Waals surface area (Å²) in [6.07, 6.45) is 4.64. The summed E-state index contributed by atoms with van der Waals surface area (Å²) in [5.74, 6) is 0.770. The summed E-state index contributed by atoms with van der Waals surface area (Å²) in [6.45, 7) is 11.5. The molecule has 0 aliphatic carbocycles. The van der Waals surface area contributed by atoms with Crippen molar-refractivity contribution in [1.82, 2.24) is 5.32 Å². The van der Waals surface area contributed by atoms with Crippen molar-refractivity contribution in [1.29, 1.82) is 0 Å². The van der Waals surface area contributed by atoms with Crippen LogP contribution in [0.1, 0.15) is 64.5 Å². The van der Waals surface area contributed by atoms with Crippen LogP contribution in [0.3, 0.4) is 0 Å². The Labute approximate surface area is 135 Å². The molecule has 0 heterocycles. The predicted octanol–water partition coefficient (Wildman–Crippen LogP) is 4.37. The molecule has 0 aliphatic heterocycles. The van der Waals surface area contributed by atoms with Gasteiger partial charge in [-0.15, -0.1) is 0 Å². The van der Waals surface area contributed by atoms with Crippen molar-refractivity contribution >= 4 is 5.91 Å². The first-order chi connectivity index (χ1) is 10.3. The highest BCUT2D eigenvalue weighted by Crippen LogP contribution is 2.31. The molecule has 0 bridgehead atoms. The fourth-order valence-corrected chi connectivity index (χ4v) is 2.34. The first kappa shape index (κ1) is 18.5. The minimum atomic E-state index is -0.0436. The average molecular weight is 305 g/mol. The molecule has 22 heavy (non-hydrogen) atoms. The van der Waals surface area contributed by atoms with Crippen LogP contribution < -0.4 is 10.1 Å². The van der Waals surface area contributed by atoms with Gasteiger partial charge in [0, 0.05) is 6.54 Å². The third kappa shape index (κ3) is 6.50. The average Bonchev–Trinajstić information content (AvgIpc) is 2.43. The van der Waals surface area contributed by atoms with Crippen molar-refractivity contribution in [3.05, 3.63) is 29.3 Å². The molecule has 1 N–H and O–H groups in total. The second kappa shape index (κ2) is 8.82. The van der Waals surface area contributed by atoms with Crippen LogP contribution in [0.15, 0.2) is 18.2 Å². The van der Waals surface area contributed by atoms with E-state index < -0.39 is 0 Å². The SMILES string of the molecule is CCCCCCNC(=O)COc1cc(C)ccc1C(C)(C)C. The summed E-state index contributed by atoms with van der Waals surface area (Å²) >= 11 is 0. The number of carbonyl (C=O) groups is 1. The predicted molar refractivity (Wildman–Crippen MR) is 92.5 cm³/mol. The number of rotatable bonds is 8. The molecule has 0 aromatic heterocycles. The molecule has 0 saturated carbocycles. The van der Waals surface area contributed by atoms with Crippen molar-refractivity contribution < 1.29 is 9.53 Å². The Balaban J connectivity index is 2.50. The minimum Gasteiger partial charge on any atom is -0.483 e. The van der Waals surface area contributed by atoms with Crippen LogP contribution in [-0.2, 0) is 10.2 Å². The maximum absolute atomic E-state index is 11.9. The van der Waals surface area contributed by atoms with E-state index in [9.17, 15) is 4.79 Å². The summed E-state index contributed by atoms with van der Waals surface area (Å²) in [5, 5.41) is 2.92. The fraction of sp³-hybridized carbons (Fsp3) is 0.632. The van der Waals surface area contributed by atoms with Gasteiger partial charge in [-0.3, -0.25) is 4.79 Å². The Hall–Kier alpha value is -1.51. The van der Waals surface area contributed by atoms with E-state index in [0.717, 1.165) is 29.8 Å². The first-order valence-corrected chi connectivity index (χ1v) is 8.35. The van der Waals surface area contributed by atoms with E-state index in [2.05, 4.69) is 45.1 Å². The lowest BCUT2D eigenvalue weighted by Gasteiger charge is -2.23. The van der Waals surface area contributed by atoms with E-state index >= 15 is 0 Å². The number of ether oxygens (including phenoxy) is 1. The molecule has 1 amide bonds. The quantitative estimate of drug-likeness (QED) is 0.724. The van der Waals surface area contributed by atoms with Gasteiger partial charge in [0.05, 0.1) is 0 Å². The minimum absolute atomic E-state index is 0.000335. The largest absolute Gasteiger partial charge is 0.483 e. The number of unbranched alkanes of at least 4 members (excludes halogenated alkanes) is 3. The maximum atomic E-state index is 11.9. The summed E-state index contributed by atoms with van der Waals surface area (Å²) in [5.41, 5.74) is 2.27. The van der Waals surface area contributed by atoms with Crippen LogP contribution in [0.25, 0.3) is 0 Å². The molecule has 3 heteroatoms. The molecule has 0 saturated heterocycles. The van der Waals surface area contributed by atoms with Crippen LogP contribution in [0.4, 0.5) is 0 Å². The molecule has 0 atom stereocenters. The third-order valence-corrected chi connectivity index (χ3v) is 3.66. The van der Waals surface area contributed by atoms with E-state index in [4.69, 9.17) is 4.74 Å². The molecule has 0 aliphatic rings. The number of hydrogen-bond acceptors (Lipinski definition) is 2. The van der Waals surface area contributed by atoms with Gasteiger partial charge < -0.3 is 10.1 Å². The molecule has 3 nitrogen and oxygen atoms in total. The number of amides is 1. The van der Waals surface area contributed by atoms with Gasteiger partial charge in [-0.25, -0.2) is 0 Å². The van der Waals surface area contributed by atoms with Gasteiger partial charge in [0.1, 0.15) is 5.75 Å². The normalized spacial score (nSPS) is 11.3. The molecular weight excluding hydrogens is 274 g/mol. The number of benzene rings is 1. The van der Waals surface area contributed by atoms with Crippen LogP contribution in [-0.4, -0.2) is 19.1 Å². The van der Waals surface area contributed by atoms with Crippen molar-refractivity contribution in [3.63, 3.8) is 0 Å². The Morgan fingerprint density at radius 1 is 1.18 bits per heavy atom. The Kier molecular flexibility index (Phi) is 7.43. The topological polar surface area (TPSA) is 38.3 Å². The summed E-state index contributed by atoms with van der Waals surface area (Å²) in [4.78, 5) is 11.9. The van der Waals surface area contributed by atoms with Gasteiger partial charge in [0.2, 0.25) is 0 Å². The van der Waals surface area contributed by atoms with Crippen molar-refractivity contribution in [2.24, 2.45) is 0 Å². The molecule has 1 aromatic carbocycles. The Morgan fingerprint density at radius 2 is 1.91 bits per heavy atom. The van der Waals surface area contributed by atoms with Crippen LogP contribution >= 0.6 is 0 Å². The van der Waals surface area contributed by atoms with Crippen LogP contribution in [0.2, 0.25) is 0 Å². The van der Waals surface area contributed by atoms with Crippen LogP contribution in [0, 0.1) is 6.92 Å². The number of nitrogens with one attached hydrogen (secondary N) is 1. The second-order valence-corrected chi connectivity index (χ2v) is 6.95. The van der Waals surface area contributed by atoms with E-state index in [1.165, 1.54) is 19.3 Å². The Bertz CT molecular complexity index is 475. The molecule has 0 spiro atoms. The van der Waals surface area contributed by atoms with E-state index in [1.807, 2.05) is 13.0 Å². The molecule has 1 aromatic rings. The summed E-state index contributed by atoms with van der Waals surface area (Å²) in [7, 11) is 0. The van der Waals surface area contributed by atoms with Crippen molar-refractivity contribution in [2.45, 2.75) is 65.7 Å². The van der Waals surface area contributed by atoms with Gasteiger partial charge in [-0.05, 0) is 36.0 Å². The van der Waals surface area contributed by atoms with Gasteiger partial charge in [-0.2, -0.15) is 0 Å². The van der Waals surface area contributed by atoms with Crippen LogP contribution in [0.5, 0.6) is 5.75 Å². The lowest BCUT2D eigenvalue weighted by atomic mass is 9.86. The molecule has 0 fully saturated rings. The smallest absolute Gasteiger partial charge is 0.257 e.